The molecule has 0 aliphatic heterocycles. The van der Waals surface area contributed by atoms with Crippen LogP contribution < -0.4 is 9.47 Å². The van der Waals surface area contributed by atoms with Crippen molar-refractivity contribution in [1.29, 1.82) is 0 Å². The summed E-state index contributed by atoms with van der Waals surface area (Å²) >= 11 is 5.81. The van der Waals surface area contributed by atoms with Gasteiger partial charge in [0.1, 0.15) is 5.75 Å². The molecule has 0 amide bonds. The fraction of sp³-hybridized carbons (Fsp3) is 0.538. The monoisotopic (exact) mass is 264 g/mol. The molecule has 100 valence electrons. The summed E-state index contributed by atoms with van der Waals surface area (Å²) in [6, 6.07) is 1.42. The summed E-state index contributed by atoms with van der Waals surface area (Å²) in [5.41, 5.74) is 0.331. The first-order valence-electron chi connectivity index (χ1n) is 5.68. The van der Waals surface area contributed by atoms with Gasteiger partial charge in [0.15, 0.2) is 11.6 Å². The fourth-order valence-electron chi connectivity index (χ4n) is 1.01. The Kier molecular flexibility index (Phi) is 11.1. The minimum atomic E-state index is -0.451. The second kappa shape index (κ2) is 10.2. The quantitative estimate of drug-likeness (QED) is 0.760. The van der Waals surface area contributed by atoms with E-state index in [9.17, 15) is 4.39 Å². The molecule has 0 aliphatic carbocycles. The number of hydrogen-bond acceptors (Lipinski definition) is 2. The number of halogens is 2. The van der Waals surface area contributed by atoms with Crippen LogP contribution in [0.25, 0.3) is 0 Å². The van der Waals surface area contributed by atoms with E-state index in [1.807, 2.05) is 27.7 Å². The summed E-state index contributed by atoms with van der Waals surface area (Å²) in [5.74, 6) is 0.101. The largest absolute Gasteiger partial charge is 0.495 e. The van der Waals surface area contributed by atoms with Crippen LogP contribution in [0.3, 0.4) is 0 Å². The van der Waals surface area contributed by atoms with Crippen LogP contribution in [0.5, 0.6) is 11.5 Å². The Morgan fingerprint density at radius 3 is 1.76 bits per heavy atom. The lowest BCUT2D eigenvalue weighted by Gasteiger charge is -2.10. The van der Waals surface area contributed by atoms with Crippen LogP contribution in [0.2, 0.25) is 5.02 Å². The van der Waals surface area contributed by atoms with Crippen LogP contribution in [0.1, 0.15) is 33.3 Å². The number of hydrogen-bond donors (Lipinski definition) is 0. The van der Waals surface area contributed by atoms with Crippen molar-refractivity contribution < 1.29 is 13.9 Å². The summed E-state index contributed by atoms with van der Waals surface area (Å²) in [6.45, 7) is 9.57. The molecule has 0 N–H and O–H groups in total. The lowest BCUT2D eigenvalue weighted by molar-refractivity contribution is 0.372. The van der Waals surface area contributed by atoms with Gasteiger partial charge in [-0.1, -0.05) is 39.3 Å². The average molecular weight is 265 g/mol. The molecule has 17 heavy (non-hydrogen) atoms. The van der Waals surface area contributed by atoms with Crippen molar-refractivity contribution >= 4 is 11.6 Å². The second-order valence-electron chi connectivity index (χ2n) is 2.53. The van der Waals surface area contributed by atoms with Crippen molar-refractivity contribution in [3.8, 4) is 11.5 Å². The summed E-state index contributed by atoms with van der Waals surface area (Å²) < 4.78 is 23.1. The van der Waals surface area contributed by atoms with E-state index in [1.165, 1.54) is 20.3 Å². The predicted octanol–water partition coefficient (Wildman–Crippen LogP) is 4.86. The van der Waals surface area contributed by atoms with E-state index in [4.69, 9.17) is 21.1 Å². The Bertz CT molecular complexity index is 299. The van der Waals surface area contributed by atoms with Gasteiger partial charge < -0.3 is 9.47 Å². The Morgan fingerprint density at radius 1 is 1.00 bits per heavy atom. The number of methoxy groups -OCH3 is 2. The molecule has 1 aromatic rings. The Hall–Kier alpha value is -0.960. The number of rotatable bonds is 2. The zero-order valence-electron chi connectivity index (χ0n) is 11.6. The van der Waals surface area contributed by atoms with E-state index in [0.29, 0.717) is 11.3 Å². The van der Waals surface area contributed by atoms with Gasteiger partial charge in [-0.05, 0) is 6.92 Å². The van der Waals surface area contributed by atoms with Gasteiger partial charge in [-0.15, -0.1) is 0 Å². The van der Waals surface area contributed by atoms with Crippen LogP contribution >= 0.6 is 11.6 Å². The van der Waals surface area contributed by atoms with Crippen LogP contribution in [-0.4, -0.2) is 14.2 Å². The van der Waals surface area contributed by atoms with Gasteiger partial charge in [0.25, 0.3) is 0 Å². The van der Waals surface area contributed by atoms with Gasteiger partial charge in [-0.25, -0.2) is 4.39 Å². The maximum atomic E-state index is 13.3. The highest BCUT2D eigenvalue weighted by atomic mass is 35.5. The lowest BCUT2D eigenvalue weighted by Crippen LogP contribution is -1.95. The van der Waals surface area contributed by atoms with Crippen molar-refractivity contribution in [2.45, 2.75) is 34.6 Å². The molecule has 0 bridgehead atoms. The predicted molar refractivity (Wildman–Crippen MR) is 71.9 cm³/mol. The molecule has 0 unspecified atom stereocenters. The first kappa shape index (κ1) is 18.4. The minimum Gasteiger partial charge on any atom is -0.495 e. The molecule has 0 aromatic heterocycles. The van der Waals surface area contributed by atoms with E-state index in [0.717, 1.165) is 0 Å². The molecular formula is C13H22ClFO2. The van der Waals surface area contributed by atoms with E-state index in [2.05, 4.69) is 0 Å². The summed E-state index contributed by atoms with van der Waals surface area (Å²) in [5, 5.41) is 0.279. The molecule has 0 heterocycles. The highest BCUT2D eigenvalue weighted by Gasteiger charge is 2.14. The Labute approximate surface area is 109 Å². The van der Waals surface area contributed by atoms with Crippen LogP contribution in [0.4, 0.5) is 4.39 Å². The molecule has 1 aromatic carbocycles. The van der Waals surface area contributed by atoms with Gasteiger partial charge in [-0.2, -0.15) is 0 Å². The third-order valence-corrected chi connectivity index (χ3v) is 2.26. The van der Waals surface area contributed by atoms with E-state index < -0.39 is 5.82 Å². The summed E-state index contributed by atoms with van der Waals surface area (Å²) in [7, 11) is 2.86. The van der Waals surface area contributed by atoms with E-state index in [1.54, 1.807) is 6.92 Å². The van der Waals surface area contributed by atoms with Crippen molar-refractivity contribution in [3.05, 3.63) is 22.5 Å². The van der Waals surface area contributed by atoms with Gasteiger partial charge in [-0.3, -0.25) is 0 Å². The smallest absolute Gasteiger partial charge is 0.169 e. The van der Waals surface area contributed by atoms with E-state index in [-0.39, 0.29) is 10.8 Å². The van der Waals surface area contributed by atoms with E-state index >= 15 is 0 Å². The number of benzene rings is 1. The molecule has 0 aliphatic rings. The van der Waals surface area contributed by atoms with Gasteiger partial charge >= 0.3 is 0 Å². The van der Waals surface area contributed by atoms with Gasteiger partial charge in [0, 0.05) is 11.6 Å². The molecule has 0 saturated carbocycles. The molecule has 4 heteroatoms. The topological polar surface area (TPSA) is 18.5 Å². The summed E-state index contributed by atoms with van der Waals surface area (Å²) in [4.78, 5) is 0. The van der Waals surface area contributed by atoms with Crippen molar-refractivity contribution in [3.63, 3.8) is 0 Å². The highest BCUT2D eigenvalue weighted by Crippen LogP contribution is 2.35. The zero-order valence-corrected chi connectivity index (χ0v) is 12.4. The van der Waals surface area contributed by atoms with Crippen LogP contribution in [0, 0.1) is 12.7 Å². The van der Waals surface area contributed by atoms with Crippen molar-refractivity contribution in [2.24, 2.45) is 0 Å². The SMILES string of the molecule is CC.CC.COc1cc(OC)c(Cl)c(C)c1F. The second-order valence-corrected chi connectivity index (χ2v) is 2.91. The summed E-state index contributed by atoms with van der Waals surface area (Å²) in [6.07, 6.45) is 0. The molecule has 1 rings (SSSR count). The standard InChI is InChI=1S/C9H10ClFO2.2C2H6/c1-5-8(10)6(12-2)4-7(13-3)9(5)11;2*1-2/h4H,1-3H3;2*1-2H3. The molecule has 0 fully saturated rings. The third kappa shape index (κ3) is 4.82. The maximum Gasteiger partial charge on any atom is 0.169 e. The Balaban J connectivity index is 0. The fourth-order valence-corrected chi connectivity index (χ4v) is 1.22. The molecular weight excluding hydrogens is 243 g/mol. The number of ether oxygens (including phenoxy) is 2. The molecule has 2 nitrogen and oxygen atoms in total. The molecule has 0 radical (unpaired) electrons. The first-order valence-corrected chi connectivity index (χ1v) is 6.06. The average Bonchev–Trinajstić information content (AvgIpc) is 2.41. The van der Waals surface area contributed by atoms with Crippen molar-refractivity contribution in [2.75, 3.05) is 14.2 Å². The van der Waals surface area contributed by atoms with Gasteiger partial charge in [0.05, 0.1) is 19.2 Å². The van der Waals surface area contributed by atoms with Gasteiger partial charge in [0.2, 0.25) is 0 Å². The van der Waals surface area contributed by atoms with Crippen LogP contribution in [0.15, 0.2) is 6.07 Å². The van der Waals surface area contributed by atoms with Crippen molar-refractivity contribution in [1.82, 2.24) is 0 Å². The first-order chi connectivity index (χ1) is 8.11. The van der Waals surface area contributed by atoms with Crippen LogP contribution in [-0.2, 0) is 0 Å². The molecule has 0 atom stereocenters. The lowest BCUT2D eigenvalue weighted by atomic mass is 10.2. The Morgan fingerprint density at radius 2 is 1.41 bits per heavy atom. The molecule has 0 spiro atoms. The highest BCUT2D eigenvalue weighted by molar-refractivity contribution is 6.32. The molecule has 0 saturated heterocycles. The maximum absolute atomic E-state index is 13.3. The minimum absolute atomic E-state index is 0.138. The zero-order chi connectivity index (χ0) is 14.0. The normalized spacial score (nSPS) is 8.29. The third-order valence-electron chi connectivity index (χ3n) is 1.79.